The second kappa shape index (κ2) is 6.92. The van der Waals surface area contributed by atoms with E-state index in [2.05, 4.69) is 30.0 Å². The summed E-state index contributed by atoms with van der Waals surface area (Å²) in [6.07, 6.45) is 2.61. The van der Waals surface area contributed by atoms with Gasteiger partial charge in [-0.3, -0.25) is 4.90 Å². The molecule has 3 nitrogen and oxygen atoms in total. The van der Waals surface area contributed by atoms with Crippen LogP contribution in [0.25, 0.3) is 0 Å². The number of nitrogens with two attached hydrogens (primary N) is 1. The monoisotopic (exact) mass is 262 g/mol. The number of nitrogens with zero attached hydrogens (tertiary/aromatic N) is 1. The molecule has 0 aliphatic carbocycles. The van der Waals surface area contributed by atoms with Crippen molar-refractivity contribution < 1.29 is 4.74 Å². The smallest absolute Gasteiger partial charge is 0.124 e. The van der Waals surface area contributed by atoms with E-state index in [1.54, 1.807) is 0 Å². The van der Waals surface area contributed by atoms with Gasteiger partial charge in [0.2, 0.25) is 0 Å². The van der Waals surface area contributed by atoms with E-state index in [9.17, 15) is 0 Å². The molecular weight excluding hydrogens is 236 g/mol. The van der Waals surface area contributed by atoms with E-state index in [0.29, 0.717) is 13.2 Å². The first-order chi connectivity index (χ1) is 9.26. The number of hydrogen-bond donors (Lipinski definition) is 1. The van der Waals surface area contributed by atoms with Gasteiger partial charge < -0.3 is 10.5 Å². The van der Waals surface area contributed by atoms with Gasteiger partial charge in [-0.2, -0.15) is 0 Å². The van der Waals surface area contributed by atoms with Crippen LogP contribution in [0, 0.1) is 5.92 Å². The third-order valence-electron chi connectivity index (χ3n) is 3.93. The maximum atomic E-state index is 6.05. The van der Waals surface area contributed by atoms with Gasteiger partial charge in [0.1, 0.15) is 5.75 Å². The van der Waals surface area contributed by atoms with Crippen LogP contribution in [0.5, 0.6) is 5.75 Å². The molecule has 0 unspecified atom stereocenters. The Labute approximate surface area is 116 Å². The highest BCUT2D eigenvalue weighted by molar-refractivity contribution is 5.36. The summed E-state index contributed by atoms with van der Waals surface area (Å²) in [6.45, 7) is 7.99. The van der Waals surface area contributed by atoms with Crippen molar-refractivity contribution in [2.24, 2.45) is 11.7 Å². The van der Waals surface area contributed by atoms with Crippen LogP contribution in [0.1, 0.15) is 38.3 Å². The first-order valence-corrected chi connectivity index (χ1v) is 7.42. The predicted octanol–water partition coefficient (Wildman–Crippen LogP) is 2.82. The number of hydrogen-bond acceptors (Lipinski definition) is 3. The molecule has 1 aliphatic heterocycles. The summed E-state index contributed by atoms with van der Waals surface area (Å²) in [5.74, 6) is 1.75. The van der Waals surface area contributed by atoms with Gasteiger partial charge >= 0.3 is 0 Å². The van der Waals surface area contributed by atoms with Crippen LogP contribution < -0.4 is 10.5 Å². The fraction of sp³-hybridized carbons (Fsp3) is 0.625. The quantitative estimate of drug-likeness (QED) is 0.887. The fourth-order valence-corrected chi connectivity index (χ4v) is 3.02. The van der Waals surface area contributed by atoms with Gasteiger partial charge in [-0.1, -0.05) is 25.1 Å². The Kier molecular flexibility index (Phi) is 5.23. The van der Waals surface area contributed by atoms with Crippen molar-refractivity contribution >= 4 is 0 Å². The average molecular weight is 262 g/mol. The lowest BCUT2D eigenvalue weighted by atomic mass is 9.96. The van der Waals surface area contributed by atoms with Crippen LogP contribution in [-0.4, -0.2) is 31.1 Å². The summed E-state index contributed by atoms with van der Waals surface area (Å²) < 4.78 is 5.76. The highest BCUT2D eigenvalue weighted by atomic mass is 16.5. The molecule has 1 heterocycles. The molecule has 2 N–H and O–H groups in total. The minimum atomic E-state index is 0.283. The fourth-order valence-electron chi connectivity index (χ4n) is 3.02. The molecule has 0 bridgehead atoms. The van der Waals surface area contributed by atoms with Crippen molar-refractivity contribution in [2.45, 2.75) is 32.7 Å². The average Bonchev–Trinajstić information content (AvgIpc) is 2.42. The Morgan fingerprint density at radius 2 is 2.21 bits per heavy atom. The summed E-state index contributed by atoms with van der Waals surface area (Å²) in [5, 5.41) is 0. The molecule has 1 fully saturated rings. The Morgan fingerprint density at radius 1 is 1.42 bits per heavy atom. The third kappa shape index (κ3) is 3.48. The van der Waals surface area contributed by atoms with Crippen LogP contribution >= 0.6 is 0 Å². The number of rotatable bonds is 5. The highest BCUT2D eigenvalue weighted by Crippen LogP contribution is 2.31. The lowest BCUT2D eigenvalue weighted by Crippen LogP contribution is -2.40. The third-order valence-corrected chi connectivity index (χ3v) is 3.93. The molecule has 1 aromatic rings. The maximum absolute atomic E-state index is 6.05. The zero-order chi connectivity index (χ0) is 13.7. The maximum Gasteiger partial charge on any atom is 0.124 e. The Bertz CT molecular complexity index is 394. The van der Waals surface area contributed by atoms with Gasteiger partial charge in [0.25, 0.3) is 0 Å². The second-order valence-electron chi connectivity index (χ2n) is 5.46. The van der Waals surface area contributed by atoms with Crippen molar-refractivity contribution in [2.75, 3.05) is 26.2 Å². The van der Waals surface area contributed by atoms with Crippen molar-refractivity contribution in [3.05, 3.63) is 29.8 Å². The largest absolute Gasteiger partial charge is 0.494 e. The van der Waals surface area contributed by atoms with Crippen molar-refractivity contribution in [3.63, 3.8) is 0 Å². The number of para-hydroxylation sites is 1. The molecule has 1 aromatic carbocycles. The minimum Gasteiger partial charge on any atom is -0.494 e. The predicted molar refractivity (Wildman–Crippen MR) is 79.4 cm³/mol. The molecule has 19 heavy (non-hydrogen) atoms. The zero-order valence-electron chi connectivity index (χ0n) is 12.1. The van der Waals surface area contributed by atoms with Crippen molar-refractivity contribution in [3.8, 4) is 5.75 Å². The van der Waals surface area contributed by atoms with Crippen molar-refractivity contribution in [1.29, 1.82) is 0 Å². The second-order valence-corrected chi connectivity index (χ2v) is 5.46. The lowest BCUT2D eigenvalue weighted by molar-refractivity contribution is 0.130. The van der Waals surface area contributed by atoms with E-state index in [0.717, 1.165) is 24.8 Å². The van der Waals surface area contributed by atoms with Gasteiger partial charge in [0, 0.05) is 18.7 Å². The molecule has 1 aliphatic rings. The van der Waals surface area contributed by atoms with E-state index in [1.165, 1.54) is 18.4 Å². The van der Waals surface area contributed by atoms with Gasteiger partial charge in [-0.15, -0.1) is 0 Å². The van der Waals surface area contributed by atoms with Gasteiger partial charge in [-0.25, -0.2) is 0 Å². The summed E-state index contributed by atoms with van der Waals surface area (Å²) >= 11 is 0. The van der Waals surface area contributed by atoms with E-state index in [-0.39, 0.29) is 6.04 Å². The van der Waals surface area contributed by atoms with Crippen LogP contribution in [0.4, 0.5) is 0 Å². The van der Waals surface area contributed by atoms with E-state index >= 15 is 0 Å². The molecule has 0 aromatic heterocycles. The summed E-state index contributed by atoms with van der Waals surface area (Å²) in [6, 6.07) is 8.59. The van der Waals surface area contributed by atoms with Gasteiger partial charge in [0.05, 0.1) is 12.6 Å². The molecule has 0 saturated carbocycles. The van der Waals surface area contributed by atoms with E-state index in [1.807, 2.05) is 13.0 Å². The SMILES string of the molecule is CCOc1ccccc1[C@@H](CN)N1CCC[C@H](C)C1. The topological polar surface area (TPSA) is 38.5 Å². The Balaban J connectivity index is 2.20. The highest BCUT2D eigenvalue weighted by Gasteiger charge is 2.26. The molecule has 0 radical (unpaired) electrons. The molecule has 2 rings (SSSR count). The molecule has 3 heteroatoms. The van der Waals surface area contributed by atoms with Crippen LogP contribution in [0.3, 0.4) is 0 Å². The number of piperidine rings is 1. The van der Waals surface area contributed by atoms with E-state index in [4.69, 9.17) is 10.5 Å². The number of ether oxygens (including phenoxy) is 1. The Hall–Kier alpha value is -1.06. The summed E-state index contributed by atoms with van der Waals surface area (Å²) in [5.41, 5.74) is 7.29. The summed E-state index contributed by atoms with van der Waals surface area (Å²) in [4.78, 5) is 2.52. The van der Waals surface area contributed by atoms with Gasteiger partial charge in [-0.05, 0) is 38.3 Å². The molecule has 0 spiro atoms. The minimum absolute atomic E-state index is 0.283. The molecular formula is C16H26N2O. The van der Waals surface area contributed by atoms with Crippen LogP contribution in [0.2, 0.25) is 0 Å². The van der Waals surface area contributed by atoms with Crippen molar-refractivity contribution in [1.82, 2.24) is 4.90 Å². The Morgan fingerprint density at radius 3 is 2.89 bits per heavy atom. The number of likely N-dealkylation sites (tertiary alicyclic amines) is 1. The molecule has 1 saturated heterocycles. The number of benzene rings is 1. The van der Waals surface area contributed by atoms with E-state index < -0.39 is 0 Å². The first-order valence-electron chi connectivity index (χ1n) is 7.42. The van der Waals surface area contributed by atoms with Crippen LogP contribution in [0.15, 0.2) is 24.3 Å². The normalized spacial score (nSPS) is 22.2. The summed E-state index contributed by atoms with van der Waals surface area (Å²) in [7, 11) is 0. The molecule has 2 atom stereocenters. The first kappa shape index (κ1) is 14.4. The lowest BCUT2D eigenvalue weighted by Gasteiger charge is -2.37. The standard InChI is InChI=1S/C16H26N2O/c1-3-19-16-9-5-4-8-14(16)15(11-17)18-10-6-7-13(2)12-18/h4-5,8-9,13,15H,3,6-7,10-12,17H2,1-2H3/t13-,15+/m0/s1. The molecule has 0 amide bonds. The van der Waals surface area contributed by atoms with Gasteiger partial charge in [0.15, 0.2) is 0 Å². The zero-order valence-corrected chi connectivity index (χ0v) is 12.1. The molecule has 106 valence electrons. The van der Waals surface area contributed by atoms with Crippen LogP contribution in [-0.2, 0) is 0 Å².